The number of alkyl halides is 1. The molecule has 2 aliphatic rings. The minimum atomic E-state index is -4.44. The first kappa shape index (κ1) is 31.4. The molecule has 1 saturated heterocycles. The molecular formula is C25H32FN2O11P. The zero-order valence-corrected chi connectivity index (χ0v) is 23.2. The molecule has 1 fully saturated rings. The maximum Gasteiger partial charge on any atom is 0.459 e. The van der Waals surface area contributed by atoms with Crippen LogP contribution < -0.4 is 9.61 Å². The van der Waals surface area contributed by atoms with Crippen molar-refractivity contribution in [2.24, 2.45) is 0 Å². The molecule has 15 heteroatoms. The molecule has 220 valence electrons. The fourth-order valence-corrected chi connectivity index (χ4v) is 5.36. The van der Waals surface area contributed by atoms with E-state index in [0.29, 0.717) is 0 Å². The first-order valence-electron chi connectivity index (χ1n) is 12.5. The van der Waals surface area contributed by atoms with Gasteiger partial charge in [0.1, 0.15) is 24.0 Å². The molecular weight excluding hydrogens is 554 g/mol. The summed E-state index contributed by atoms with van der Waals surface area (Å²) in [6.07, 6.45) is -4.44. The first-order valence-corrected chi connectivity index (χ1v) is 14.0. The number of aliphatic hydroxyl groups is 1. The van der Waals surface area contributed by atoms with Gasteiger partial charge >= 0.3 is 19.7 Å². The second-order valence-corrected chi connectivity index (χ2v) is 11.0. The Bertz CT molecular complexity index is 1180. The van der Waals surface area contributed by atoms with Crippen LogP contribution in [-0.4, -0.2) is 83.1 Å². The number of carbonyl (C=O) groups is 4. The molecule has 2 heterocycles. The van der Waals surface area contributed by atoms with Gasteiger partial charge in [-0.3, -0.25) is 23.8 Å². The molecule has 2 aliphatic heterocycles. The van der Waals surface area contributed by atoms with Gasteiger partial charge < -0.3 is 23.8 Å². The van der Waals surface area contributed by atoms with E-state index in [-0.39, 0.29) is 12.4 Å². The van der Waals surface area contributed by atoms with Crippen LogP contribution in [0, 0.1) is 0 Å². The second kappa shape index (κ2) is 13.0. The average Bonchev–Trinajstić information content (AvgIpc) is 3.11. The summed E-state index contributed by atoms with van der Waals surface area (Å²) in [6.45, 7) is 4.58. The van der Waals surface area contributed by atoms with E-state index >= 15 is 4.39 Å². The van der Waals surface area contributed by atoms with E-state index < -0.39 is 80.7 Å². The van der Waals surface area contributed by atoms with E-state index in [4.69, 9.17) is 23.3 Å². The number of ether oxygens (including phenoxy) is 3. The van der Waals surface area contributed by atoms with Crippen molar-refractivity contribution in [1.82, 2.24) is 9.99 Å². The van der Waals surface area contributed by atoms with E-state index in [1.807, 2.05) is 0 Å². The lowest BCUT2D eigenvalue weighted by atomic mass is 9.97. The Balaban J connectivity index is 1.74. The number of para-hydroxylation sites is 1. The predicted octanol–water partition coefficient (Wildman–Crippen LogP) is 1.79. The summed E-state index contributed by atoms with van der Waals surface area (Å²) < 4.78 is 55.7. The normalized spacial score (nSPS) is 27.6. The van der Waals surface area contributed by atoms with Crippen LogP contribution in [0.4, 0.5) is 4.39 Å². The van der Waals surface area contributed by atoms with Gasteiger partial charge in [0.25, 0.3) is 0 Å². The number of amides is 1. The molecule has 0 spiro atoms. The van der Waals surface area contributed by atoms with Gasteiger partial charge in [0, 0.05) is 6.20 Å². The Morgan fingerprint density at radius 1 is 1.25 bits per heavy atom. The molecule has 0 bridgehead atoms. The Labute approximate surface area is 230 Å². The second-order valence-electron chi connectivity index (χ2n) is 9.26. The molecule has 1 amide bonds. The van der Waals surface area contributed by atoms with Gasteiger partial charge in [0.05, 0.1) is 19.6 Å². The Morgan fingerprint density at radius 2 is 1.93 bits per heavy atom. The number of ketones is 1. The number of allylic oxidation sites excluding steroid dienone is 1. The lowest BCUT2D eigenvalue weighted by Crippen LogP contribution is -2.51. The van der Waals surface area contributed by atoms with Crippen molar-refractivity contribution < 1.29 is 56.5 Å². The molecule has 40 heavy (non-hydrogen) atoms. The summed E-state index contributed by atoms with van der Waals surface area (Å²) in [4.78, 5) is 49.0. The van der Waals surface area contributed by atoms with Gasteiger partial charge in [0.2, 0.25) is 5.91 Å². The van der Waals surface area contributed by atoms with Gasteiger partial charge in [0.15, 0.2) is 23.8 Å². The van der Waals surface area contributed by atoms with Crippen LogP contribution in [0.5, 0.6) is 5.75 Å². The summed E-state index contributed by atoms with van der Waals surface area (Å²) in [5.74, 6) is -2.84. The zero-order valence-electron chi connectivity index (χ0n) is 22.4. The number of esters is 2. The number of nitrogens with one attached hydrogen (secondary N) is 1. The number of nitrogens with zero attached hydrogens (tertiary/aromatic N) is 1. The fourth-order valence-electron chi connectivity index (χ4n) is 3.86. The standard InChI is InChI=1S/C25H32FN2O11P/c1-5-35-23(33)16(3)37-22(32)15(2)27-40(34,39-18-9-7-6-8-10-18)36-14-19-21(31)25(4,26)24(38-19)28-12-11-17(29)13-20(28)30/h6-12,15-16,19,21,24,31H,5,13-14H2,1-4H3,(H,27,34)/t15-,16-,19+,21+,24+,25+,40?/m0/s1. The molecule has 1 unspecified atom stereocenters. The van der Waals surface area contributed by atoms with E-state index in [1.54, 1.807) is 25.1 Å². The minimum absolute atomic E-state index is 0.0800. The number of aliphatic hydroxyl groups excluding tert-OH is 1. The number of hydrogen-bond acceptors (Lipinski definition) is 11. The third kappa shape index (κ3) is 7.52. The van der Waals surface area contributed by atoms with Crippen LogP contribution >= 0.6 is 7.75 Å². The molecule has 2 N–H and O–H groups in total. The topological polar surface area (TPSA) is 167 Å². The monoisotopic (exact) mass is 586 g/mol. The zero-order chi connectivity index (χ0) is 29.7. The van der Waals surface area contributed by atoms with Crippen molar-refractivity contribution in [2.45, 2.75) is 70.4 Å². The third-order valence-corrected chi connectivity index (χ3v) is 7.64. The van der Waals surface area contributed by atoms with Crippen molar-refractivity contribution in [2.75, 3.05) is 13.2 Å². The number of hydrogen-bond donors (Lipinski definition) is 2. The molecule has 0 radical (unpaired) electrons. The number of carbonyl (C=O) groups excluding carboxylic acids is 4. The number of rotatable bonds is 12. The van der Waals surface area contributed by atoms with E-state index in [1.165, 1.54) is 26.0 Å². The highest BCUT2D eigenvalue weighted by atomic mass is 31.2. The Morgan fingerprint density at radius 3 is 2.55 bits per heavy atom. The van der Waals surface area contributed by atoms with Crippen LogP contribution in [-0.2, 0) is 42.5 Å². The number of benzene rings is 1. The molecule has 0 aliphatic carbocycles. The van der Waals surface area contributed by atoms with Crippen molar-refractivity contribution in [3.63, 3.8) is 0 Å². The molecule has 0 aromatic heterocycles. The highest BCUT2D eigenvalue weighted by Gasteiger charge is 2.57. The number of halogens is 1. The summed E-state index contributed by atoms with van der Waals surface area (Å²) in [6, 6.07) is 6.47. The summed E-state index contributed by atoms with van der Waals surface area (Å²) in [5.41, 5.74) is -2.49. The summed E-state index contributed by atoms with van der Waals surface area (Å²) in [7, 11) is -4.44. The Hall–Kier alpha value is -3.16. The fraction of sp³-hybridized carbons (Fsp3) is 0.520. The average molecular weight is 587 g/mol. The molecule has 0 saturated carbocycles. The quantitative estimate of drug-likeness (QED) is 0.207. The van der Waals surface area contributed by atoms with Crippen molar-refractivity contribution >= 4 is 31.4 Å². The van der Waals surface area contributed by atoms with Gasteiger partial charge in [-0.25, -0.2) is 13.8 Å². The van der Waals surface area contributed by atoms with Gasteiger partial charge in [-0.05, 0) is 45.9 Å². The van der Waals surface area contributed by atoms with Gasteiger partial charge in [-0.1, -0.05) is 18.2 Å². The maximum atomic E-state index is 15.5. The first-order chi connectivity index (χ1) is 18.8. The van der Waals surface area contributed by atoms with Crippen LogP contribution in [0.1, 0.15) is 34.1 Å². The van der Waals surface area contributed by atoms with Crippen LogP contribution in [0.25, 0.3) is 0 Å². The van der Waals surface area contributed by atoms with Gasteiger partial charge in [-0.15, -0.1) is 0 Å². The summed E-state index contributed by atoms with van der Waals surface area (Å²) >= 11 is 0. The molecule has 1 aromatic rings. The van der Waals surface area contributed by atoms with Crippen LogP contribution in [0.2, 0.25) is 0 Å². The smallest absolute Gasteiger partial charge is 0.459 e. The SMILES string of the molecule is CCOC(=O)[C@H](C)OC(=O)[C@H](C)NP(=O)(OC[C@H]1O[C@@H](N2C=CC(=O)CC2=O)[C@](C)(F)[C@@H]1O)Oc1ccccc1. The van der Waals surface area contributed by atoms with Crippen molar-refractivity contribution in [3.8, 4) is 5.75 Å². The highest BCUT2D eigenvalue weighted by Crippen LogP contribution is 2.46. The largest absolute Gasteiger partial charge is 0.463 e. The molecule has 7 atom stereocenters. The summed E-state index contributed by atoms with van der Waals surface area (Å²) in [5, 5.41) is 13.0. The molecule has 1 aromatic carbocycles. The highest BCUT2D eigenvalue weighted by molar-refractivity contribution is 7.52. The van der Waals surface area contributed by atoms with Crippen LogP contribution in [0.3, 0.4) is 0 Å². The lowest BCUT2D eigenvalue weighted by molar-refractivity contribution is -0.167. The maximum absolute atomic E-state index is 15.5. The van der Waals surface area contributed by atoms with Crippen LogP contribution in [0.15, 0.2) is 42.6 Å². The van der Waals surface area contributed by atoms with Crippen molar-refractivity contribution in [3.05, 3.63) is 42.6 Å². The van der Waals surface area contributed by atoms with E-state index in [2.05, 4.69) is 5.09 Å². The predicted molar refractivity (Wildman–Crippen MR) is 135 cm³/mol. The molecule has 13 nitrogen and oxygen atoms in total. The van der Waals surface area contributed by atoms with E-state index in [9.17, 15) is 28.8 Å². The Kier molecular flexibility index (Phi) is 10.2. The lowest BCUT2D eigenvalue weighted by Gasteiger charge is -2.32. The third-order valence-electron chi connectivity index (χ3n) is 6.00. The molecule has 3 rings (SSSR count). The minimum Gasteiger partial charge on any atom is -0.463 e. The van der Waals surface area contributed by atoms with Crippen molar-refractivity contribution in [1.29, 1.82) is 0 Å². The van der Waals surface area contributed by atoms with Gasteiger partial charge in [-0.2, -0.15) is 5.09 Å². The van der Waals surface area contributed by atoms with E-state index in [0.717, 1.165) is 24.1 Å².